The third-order valence-electron chi connectivity index (χ3n) is 8.15. The van der Waals surface area contributed by atoms with Crippen LogP contribution in [0.3, 0.4) is 0 Å². The summed E-state index contributed by atoms with van der Waals surface area (Å²) in [4.78, 5) is 29.8. The maximum atomic E-state index is 14.3. The normalized spacial score (nSPS) is 14.7. The van der Waals surface area contributed by atoms with Crippen LogP contribution in [0.1, 0.15) is 59.9 Å². The first-order valence-electron chi connectivity index (χ1n) is 14.8. The molecule has 1 unspecified atom stereocenters. The van der Waals surface area contributed by atoms with Crippen LogP contribution in [0.15, 0.2) is 72.8 Å². The van der Waals surface area contributed by atoms with Crippen molar-refractivity contribution < 1.29 is 18.0 Å². The second-order valence-electron chi connectivity index (χ2n) is 11.6. The van der Waals surface area contributed by atoms with Gasteiger partial charge in [-0.25, -0.2) is 8.42 Å². The topological polar surface area (TPSA) is 86.8 Å². The molecule has 42 heavy (non-hydrogen) atoms. The molecule has 0 bridgehead atoms. The van der Waals surface area contributed by atoms with Gasteiger partial charge in [-0.15, -0.1) is 0 Å². The summed E-state index contributed by atoms with van der Waals surface area (Å²) in [5.74, 6) is -0.637. The van der Waals surface area contributed by atoms with E-state index < -0.39 is 28.5 Å². The van der Waals surface area contributed by atoms with Crippen molar-refractivity contribution in [3.63, 3.8) is 0 Å². The zero-order valence-electron chi connectivity index (χ0n) is 25.2. The number of benzene rings is 3. The predicted octanol–water partition coefficient (Wildman–Crippen LogP) is 5.47. The van der Waals surface area contributed by atoms with Crippen LogP contribution in [0, 0.1) is 20.8 Å². The number of hydrogen-bond acceptors (Lipinski definition) is 4. The summed E-state index contributed by atoms with van der Waals surface area (Å²) >= 11 is 0. The molecule has 1 atom stereocenters. The molecule has 7 nitrogen and oxygen atoms in total. The van der Waals surface area contributed by atoms with Crippen LogP contribution < -0.4 is 9.62 Å². The van der Waals surface area contributed by atoms with Gasteiger partial charge in [0.1, 0.15) is 12.6 Å². The quantitative estimate of drug-likeness (QED) is 0.322. The Labute approximate surface area is 251 Å². The van der Waals surface area contributed by atoms with Gasteiger partial charge in [0.05, 0.1) is 11.9 Å². The summed E-state index contributed by atoms with van der Waals surface area (Å²) < 4.78 is 27.2. The molecule has 0 heterocycles. The predicted molar refractivity (Wildman–Crippen MR) is 169 cm³/mol. The smallest absolute Gasteiger partial charge is 0.244 e. The Bertz CT molecular complexity index is 1470. The van der Waals surface area contributed by atoms with Crippen molar-refractivity contribution >= 4 is 27.5 Å². The van der Waals surface area contributed by atoms with E-state index in [4.69, 9.17) is 0 Å². The molecule has 3 aromatic carbocycles. The number of amides is 2. The molecule has 1 aliphatic rings. The van der Waals surface area contributed by atoms with Gasteiger partial charge in [-0.1, -0.05) is 85.5 Å². The average molecular weight is 590 g/mol. The molecule has 0 radical (unpaired) electrons. The van der Waals surface area contributed by atoms with E-state index in [0.29, 0.717) is 12.1 Å². The molecule has 0 aliphatic heterocycles. The van der Waals surface area contributed by atoms with Crippen molar-refractivity contribution in [2.75, 3.05) is 17.1 Å². The fraction of sp³-hybridized carbons (Fsp3) is 0.412. The molecule has 0 aromatic heterocycles. The number of sulfonamides is 1. The van der Waals surface area contributed by atoms with Crippen molar-refractivity contribution in [2.45, 2.75) is 77.9 Å². The highest BCUT2D eigenvalue weighted by atomic mass is 32.2. The second kappa shape index (κ2) is 14.0. The lowest BCUT2D eigenvalue weighted by Gasteiger charge is -2.35. The fourth-order valence-corrected chi connectivity index (χ4v) is 6.32. The third-order valence-corrected chi connectivity index (χ3v) is 9.29. The zero-order valence-corrected chi connectivity index (χ0v) is 26.0. The lowest BCUT2D eigenvalue weighted by Crippen LogP contribution is -2.55. The Morgan fingerprint density at radius 2 is 1.52 bits per heavy atom. The van der Waals surface area contributed by atoms with Crippen LogP contribution in [0.2, 0.25) is 0 Å². The lowest BCUT2D eigenvalue weighted by molar-refractivity contribution is -0.140. The number of nitrogens with zero attached hydrogens (tertiary/aromatic N) is 2. The minimum absolute atomic E-state index is 0.0731. The van der Waals surface area contributed by atoms with E-state index in [1.807, 2.05) is 81.4 Å². The molecule has 1 saturated carbocycles. The van der Waals surface area contributed by atoms with Crippen LogP contribution in [-0.4, -0.2) is 50.0 Å². The largest absolute Gasteiger partial charge is 0.352 e. The highest BCUT2D eigenvalue weighted by Gasteiger charge is 2.34. The van der Waals surface area contributed by atoms with Crippen molar-refractivity contribution in [3.8, 4) is 0 Å². The van der Waals surface area contributed by atoms with Crippen LogP contribution >= 0.6 is 0 Å². The van der Waals surface area contributed by atoms with E-state index in [9.17, 15) is 18.0 Å². The van der Waals surface area contributed by atoms with Gasteiger partial charge in [-0.3, -0.25) is 13.9 Å². The number of carbonyl (C=O) groups is 2. The highest BCUT2D eigenvalue weighted by Crippen LogP contribution is 2.24. The minimum Gasteiger partial charge on any atom is -0.352 e. The molecule has 1 N–H and O–H groups in total. The maximum Gasteiger partial charge on any atom is 0.244 e. The van der Waals surface area contributed by atoms with Crippen molar-refractivity contribution in [2.24, 2.45) is 0 Å². The number of rotatable bonds is 11. The Kier molecular flexibility index (Phi) is 10.4. The first kappa shape index (κ1) is 31.3. The molecule has 0 spiro atoms. The summed E-state index contributed by atoms with van der Waals surface area (Å²) in [5.41, 5.74) is 5.27. The molecule has 1 fully saturated rings. The molecular formula is C34H43N3O4S. The standard InChI is InChI=1S/C34H43N3O4S/c1-25-15-18-29(19-16-25)23-36(33(38)24-37(42(4,40)41)31-20-17-26(2)27(3)21-31)32(22-28-11-7-5-8-12-28)34(39)35-30-13-9-6-10-14-30/h5,7-8,11-12,15-21,30,32H,6,9-10,13-14,22-24H2,1-4H3,(H,35,39). The minimum atomic E-state index is -3.80. The number of carbonyl (C=O) groups excluding carboxylic acids is 2. The van der Waals surface area contributed by atoms with E-state index in [2.05, 4.69) is 5.32 Å². The average Bonchev–Trinajstić information content (AvgIpc) is 2.96. The van der Waals surface area contributed by atoms with Crippen LogP contribution in [0.25, 0.3) is 0 Å². The molecule has 8 heteroatoms. The summed E-state index contributed by atoms with van der Waals surface area (Å²) in [6.07, 6.45) is 6.57. The van der Waals surface area contributed by atoms with E-state index in [1.165, 1.54) is 0 Å². The van der Waals surface area contributed by atoms with E-state index >= 15 is 0 Å². The first-order valence-corrected chi connectivity index (χ1v) is 16.6. The molecule has 2 amide bonds. The van der Waals surface area contributed by atoms with Crippen LogP contribution in [0.5, 0.6) is 0 Å². The van der Waals surface area contributed by atoms with Gasteiger partial charge in [0, 0.05) is 19.0 Å². The fourth-order valence-electron chi connectivity index (χ4n) is 5.48. The third kappa shape index (κ3) is 8.44. The SMILES string of the molecule is Cc1ccc(CN(C(=O)CN(c2ccc(C)c(C)c2)S(C)(=O)=O)C(Cc2ccccc2)C(=O)NC2CCCCC2)cc1. The van der Waals surface area contributed by atoms with Gasteiger partial charge >= 0.3 is 0 Å². The number of anilines is 1. The first-order chi connectivity index (χ1) is 20.0. The van der Waals surface area contributed by atoms with Gasteiger partial charge in [0.2, 0.25) is 21.8 Å². The van der Waals surface area contributed by atoms with E-state index in [-0.39, 0.29) is 18.5 Å². The van der Waals surface area contributed by atoms with Crippen molar-refractivity contribution in [1.82, 2.24) is 10.2 Å². The summed E-state index contributed by atoms with van der Waals surface area (Å²) in [5, 5.41) is 3.23. The number of aryl methyl sites for hydroxylation is 3. The summed E-state index contributed by atoms with van der Waals surface area (Å²) in [6.45, 7) is 5.64. The number of hydrogen-bond donors (Lipinski definition) is 1. The zero-order chi connectivity index (χ0) is 30.3. The molecule has 4 rings (SSSR count). The monoisotopic (exact) mass is 589 g/mol. The maximum absolute atomic E-state index is 14.3. The Balaban J connectivity index is 1.72. The van der Waals surface area contributed by atoms with Crippen LogP contribution in [-0.2, 0) is 32.6 Å². The van der Waals surface area contributed by atoms with Crippen molar-refractivity contribution in [3.05, 3.63) is 101 Å². The Morgan fingerprint density at radius 3 is 2.14 bits per heavy atom. The van der Waals surface area contributed by atoms with Crippen molar-refractivity contribution in [1.29, 1.82) is 0 Å². The molecule has 3 aromatic rings. The molecule has 224 valence electrons. The lowest BCUT2D eigenvalue weighted by atomic mass is 9.94. The number of nitrogens with one attached hydrogen (secondary N) is 1. The summed E-state index contributed by atoms with van der Waals surface area (Å²) in [6, 6.07) is 22.1. The molecular weight excluding hydrogens is 546 g/mol. The Hall–Kier alpha value is -3.65. The highest BCUT2D eigenvalue weighted by molar-refractivity contribution is 7.92. The van der Waals surface area contributed by atoms with Gasteiger partial charge in [-0.2, -0.15) is 0 Å². The summed E-state index contributed by atoms with van der Waals surface area (Å²) in [7, 11) is -3.80. The van der Waals surface area contributed by atoms with Gasteiger partial charge < -0.3 is 10.2 Å². The second-order valence-corrected chi connectivity index (χ2v) is 13.5. The van der Waals surface area contributed by atoms with Gasteiger partial charge in [0.15, 0.2) is 0 Å². The van der Waals surface area contributed by atoms with Gasteiger partial charge in [-0.05, 0) is 68.0 Å². The molecule has 1 aliphatic carbocycles. The van der Waals surface area contributed by atoms with E-state index in [0.717, 1.165) is 70.5 Å². The van der Waals surface area contributed by atoms with Gasteiger partial charge in [0.25, 0.3) is 0 Å². The molecule has 0 saturated heterocycles. The van der Waals surface area contributed by atoms with Crippen LogP contribution in [0.4, 0.5) is 5.69 Å². The Morgan fingerprint density at radius 1 is 0.857 bits per heavy atom. The van der Waals surface area contributed by atoms with E-state index in [1.54, 1.807) is 17.0 Å².